The highest BCUT2D eigenvalue weighted by atomic mass is 32.1. The second-order valence-corrected chi connectivity index (χ2v) is 10.6. The number of carbonyl (C=O) groups is 1. The molecule has 2 saturated heterocycles. The van der Waals surface area contributed by atoms with Crippen LogP contribution < -0.4 is 15.5 Å². The Kier molecular flexibility index (Phi) is 6.47. The second-order valence-electron chi connectivity index (χ2n) is 9.42. The van der Waals surface area contributed by atoms with E-state index in [0.29, 0.717) is 13.2 Å². The van der Waals surface area contributed by atoms with Crippen LogP contribution in [0.25, 0.3) is 32.5 Å². The molecule has 0 saturated carbocycles. The van der Waals surface area contributed by atoms with Crippen molar-refractivity contribution in [3.63, 3.8) is 0 Å². The highest BCUT2D eigenvalue weighted by Crippen LogP contribution is 2.36. The third kappa shape index (κ3) is 4.63. The van der Waals surface area contributed by atoms with Crippen molar-refractivity contribution < 1.29 is 9.53 Å². The van der Waals surface area contributed by atoms with E-state index in [0.717, 1.165) is 83.9 Å². The van der Waals surface area contributed by atoms with Gasteiger partial charge in [0.05, 0.1) is 23.4 Å². The molecule has 1 aromatic carbocycles. The number of nitrogens with zero attached hydrogens (tertiary/aromatic N) is 4. The van der Waals surface area contributed by atoms with Crippen LogP contribution in [-0.4, -0.2) is 78.4 Å². The Bertz CT molecular complexity index is 1370. The largest absolute Gasteiger partial charge is 0.378 e. The summed E-state index contributed by atoms with van der Waals surface area (Å²) in [7, 11) is 1.66. The smallest absolute Gasteiger partial charge is 0.314 e. The number of benzene rings is 1. The molecule has 2 aliphatic rings. The van der Waals surface area contributed by atoms with Crippen molar-refractivity contribution >= 4 is 44.3 Å². The summed E-state index contributed by atoms with van der Waals surface area (Å²) in [6, 6.07) is 10.7. The number of likely N-dealkylation sites (tertiary alicyclic amines) is 1. The van der Waals surface area contributed by atoms with Crippen molar-refractivity contribution in [1.29, 1.82) is 0 Å². The quantitative estimate of drug-likeness (QED) is 0.384. The minimum atomic E-state index is -0.0988. The Hall–Kier alpha value is -3.21. The van der Waals surface area contributed by atoms with Gasteiger partial charge in [0.15, 0.2) is 11.6 Å². The Morgan fingerprint density at radius 2 is 2.00 bits per heavy atom. The minimum absolute atomic E-state index is 0.0988. The Balaban J connectivity index is 1.30. The summed E-state index contributed by atoms with van der Waals surface area (Å²) >= 11 is 1.80. The number of thiophene rings is 1. The zero-order valence-corrected chi connectivity index (χ0v) is 21.2. The lowest BCUT2D eigenvalue weighted by Crippen LogP contribution is -2.46. The van der Waals surface area contributed by atoms with E-state index in [4.69, 9.17) is 14.7 Å². The molecule has 0 aliphatic carbocycles. The van der Waals surface area contributed by atoms with E-state index >= 15 is 0 Å². The lowest BCUT2D eigenvalue weighted by Gasteiger charge is -2.31. The summed E-state index contributed by atoms with van der Waals surface area (Å²) in [5.41, 5.74) is 3.14. The van der Waals surface area contributed by atoms with E-state index < -0.39 is 0 Å². The van der Waals surface area contributed by atoms with Crippen molar-refractivity contribution in [3.05, 3.63) is 41.4 Å². The van der Waals surface area contributed by atoms with Gasteiger partial charge in [0.25, 0.3) is 0 Å². The van der Waals surface area contributed by atoms with Gasteiger partial charge in [-0.05, 0) is 31.0 Å². The van der Waals surface area contributed by atoms with Crippen molar-refractivity contribution in [3.8, 4) is 11.4 Å². The fourth-order valence-corrected chi connectivity index (χ4v) is 6.30. The Labute approximate surface area is 213 Å². The fourth-order valence-electron chi connectivity index (χ4n) is 5.15. The Morgan fingerprint density at radius 1 is 1.17 bits per heavy atom. The molecule has 9 nitrogen and oxygen atoms in total. The van der Waals surface area contributed by atoms with Crippen LogP contribution in [0.5, 0.6) is 0 Å². The van der Waals surface area contributed by atoms with Crippen LogP contribution in [0.2, 0.25) is 0 Å². The van der Waals surface area contributed by atoms with Crippen molar-refractivity contribution in [2.75, 3.05) is 51.3 Å². The van der Waals surface area contributed by atoms with Crippen molar-refractivity contribution in [2.45, 2.75) is 25.4 Å². The molecule has 5 heterocycles. The maximum absolute atomic E-state index is 11.6. The van der Waals surface area contributed by atoms with Gasteiger partial charge < -0.3 is 25.3 Å². The molecule has 3 aromatic heterocycles. The molecule has 2 fully saturated rings. The summed E-state index contributed by atoms with van der Waals surface area (Å²) in [5, 5.41) is 6.82. The molecule has 0 unspecified atom stereocenters. The van der Waals surface area contributed by atoms with Gasteiger partial charge in [0.2, 0.25) is 0 Å². The van der Waals surface area contributed by atoms with Gasteiger partial charge in [-0.1, -0.05) is 12.1 Å². The van der Waals surface area contributed by atoms with E-state index in [1.54, 1.807) is 18.4 Å². The zero-order valence-electron chi connectivity index (χ0n) is 20.4. The predicted octanol–water partition coefficient (Wildman–Crippen LogP) is 3.57. The third-order valence-corrected chi connectivity index (χ3v) is 8.19. The number of nitrogens with one attached hydrogen (secondary N) is 3. The number of hydrogen-bond acceptors (Lipinski definition) is 7. The van der Waals surface area contributed by atoms with Crippen LogP contribution >= 0.6 is 11.3 Å². The van der Waals surface area contributed by atoms with E-state index in [9.17, 15) is 4.79 Å². The van der Waals surface area contributed by atoms with Gasteiger partial charge in [-0.2, -0.15) is 0 Å². The van der Waals surface area contributed by atoms with Gasteiger partial charge in [0.1, 0.15) is 0 Å². The predicted molar refractivity (Wildman–Crippen MR) is 144 cm³/mol. The first-order valence-electron chi connectivity index (χ1n) is 12.6. The molecule has 188 valence electrons. The van der Waals surface area contributed by atoms with Gasteiger partial charge in [-0.25, -0.2) is 14.8 Å². The summed E-state index contributed by atoms with van der Waals surface area (Å²) in [6.45, 7) is 5.91. The summed E-state index contributed by atoms with van der Waals surface area (Å²) in [4.78, 5) is 31.2. The number of aromatic nitrogens is 3. The highest BCUT2D eigenvalue weighted by Gasteiger charge is 2.24. The molecule has 4 aromatic rings. The first-order chi connectivity index (χ1) is 17.7. The van der Waals surface area contributed by atoms with Crippen LogP contribution in [0.15, 0.2) is 36.5 Å². The molecular formula is C26H31N7O2S. The molecule has 0 radical (unpaired) electrons. The number of morpholine rings is 1. The SMILES string of the molecule is CNC(=O)NC1CCN(Cc2cc3nc(-c4cccc5[nH]ccc45)nc(N4CCOCC4)c3s2)CC1. The van der Waals surface area contributed by atoms with E-state index in [2.05, 4.69) is 55.7 Å². The molecular weight excluding hydrogens is 474 g/mol. The highest BCUT2D eigenvalue weighted by molar-refractivity contribution is 7.19. The number of amides is 2. The molecule has 2 aliphatic heterocycles. The van der Waals surface area contributed by atoms with E-state index in [1.807, 2.05) is 6.20 Å². The van der Waals surface area contributed by atoms with E-state index in [-0.39, 0.29) is 12.1 Å². The molecule has 2 amide bonds. The van der Waals surface area contributed by atoms with Crippen LogP contribution in [0.3, 0.4) is 0 Å². The summed E-state index contributed by atoms with van der Waals surface area (Å²) in [5.74, 6) is 1.77. The van der Waals surface area contributed by atoms with Crippen LogP contribution in [-0.2, 0) is 11.3 Å². The van der Waals surface area contributed by atoms with Crippen LogP contribution in [0.4, 0.5) is 10.6 Å². The number of aromatic amines is 1. The molecule has 0 atom stereocenters. The van der Waals surface area contributed by atoms with Gasteiger partial charge in [-0.3, -0.25) is 4.90 Å². The van der Waals surface area contributed by atoms with Crippen LogP contribution in [0, 0.1) is 0 Å². The molecule has 0 bridgehead atoms. The number of rotatable bonds is 5. The van der Waals surface area contributed by atoms with E-state index in [1.165, 1.54) is 4.88 Å². The first kappa shape index (κ1) is 23.2. The van der Waals surface area contributed by atoms with Gasteiger partial charge >= 0.3 is 6.03 Å². The number of H-pyrrole nitrogens is 1. The molecule has 10 heteroatoms. The molecule has 3 N–H and O–H groups in total. The number of ether oxygens (including phenoxy) is 1. The lowest BCUT2D eigenvalue weighted by molar-refractivity contribution is 0.122. The maximum atomic E-state index is 11.6. The average molecular weight is 506 g/mol. The number of carbonyl (C=O) groups excluding carboxylic acids is 1. The molecule has 36 heavy (non-hydrogen) atoms. The number of fused-ring (bicyclic) bond motifs is 2. The fraction of sp³-hybridized carbons (Fsp3) is 0.423. The molecule has 6 rings (SSSR count). The topological polar surface area (TPSA) is 98.4 Å². The first-order valence-corrected chi connectivity index (χ1v) is 13.4. The van der Waals surface area contributed by atoms with Crippen molar-refractivity contribution in [2.24, 2.45) is 0 Å². The maximum Gasteiger partial charge on any atom is 0.314 e. The summed E-state index contributed by atoms with van der Waals surface area (Å²) in [6.07, 6.45) is 3.88. The number of anilines is 1. The molecule has 0 spiro atoms. The number of hydrogen-bond donors (Lipinski definition) is 3. The standard InChI is InChI=1S/C26H31N7O2S/c1-27-26(34)29-17-6-9-32(10-7-17)16-18-15-22-23(36-18)25(33-11-13-35-14-12-33)31-24(30-22)20-3-2-4-21-19(20)5-8-28-21/h2-5,8,15,17,28H,6-7,9-14,16H2,1H3,(H2,27,29,34). The second kappa shape index (κ2) is 10.0. The third-order valence-electron chi connectivity index (χ3n) is 7.08. The normalized spacial score (nSPS) is 17.6. The van der Waals surface area contributed by atoms with Gasteiger partial charge in [0, 0.05) is 73.4 Å². The summed E-state index contributed by atoms with van der Waals surface area (Å²) < 4.78 is 6.76. The monoisotopic (exact) mass is 505 g/mol. The minimum Gasteiger partial charge on any atom is -0.378 e. The Morgan fingerprint density at radius 3 is 2.81 bits per heavy atom. The lowest BCUT2D eigenvalue weighted by atomic mass is 10.1. The number of piperidine rings is 1. The van der Waals surface area contributed by atoms with Gasteiger partial charge in [-0.15, -0.1) is 11.3 Å². The van der Waals surface area contributed by atoms with Crippen molar-refractivity contribution in [1.82, 2.24) is 30.5 Å². The average Bonchev–Trinajstić information content (AvgIpc) is 3.56. The van der Waals surface area contributed by atoms with Crippen LogP contribution in [0.1, 0.15) is 17.7 Å². The number of urea groups is 1. The zero-order chi connectivity index (χ0) is 24.5.